The molecule has 1 N–H and O–H groups in total. The molecule has 8 heteroatoms. The minimum Gasteiger partial charge on any atom is -0.472 e. The van der Waals surface area contributed by atoms with E-state index < -0.39 is 0 Å². The van der Waals surface area contributed by atoms with Crippen LogP contribution in [0.25, 0.3) is 34.2 Å². The molecule has 29 heavy (non-hydrogen) atoms. The maximum atomic E-state index is 6.18. The van der Waals surface area contributed by atoms with E-state index in [1.54, 1.807) is 4.68 Å². The van der Waals surface area contributed by atoms with Gasteiger partial charge in [0.15, 0.2) is 0 Å². The molecule has 1 aromatic carbocycles. The molecule has 0 amide bonds. The number of rotatable bonds is 0. The molecule has 0 saturated carbocycles. The van der Waals surface area contributed by atoms with Gasteiger partial charge in [0.2, 0.25) is 5.88 Å². The molecular weight excluding hydrogens is 370 g/mol. The number of aromatic nitrogens is 5. The fraction of sp³-hybridized carbons (Fsp3) is 0.286. The molecule has 0 spiro atoms. The van der Waals surface area contributed by atoms with Gasteiger partial charge in [0.25, 0.3) is 0 Å². The van der Waals surface area contributed by atoms with Gasteiger partial charge in [-0.1, -0.05) is 11.2 Å². The number of aryl methyl sites for hydroxylation is 2. The van der Waals surface area contributed by atoms with E-state index >= 15 is 0 Å². The molecule has 4 heterocycles. The highest BCUT2D eigenvalue weighted by Gasteiger charge is 2.18. The smallest absolute Gasteiger partial charge is 0.219 e. The Balaban J connectivity index is 1.68. The molecule has 8 nitrogen and oxygen atoms in total. The molecule has 0 aliphatic carbocycles. The molecule has 5 rings (SSSR count). The van der Waals surface area contributed by atoms with Gasteiger partial charge in [0.1, 0.15) is 17.6 Å². The molecule has 0 fully saturated rings. The summed E-state index contributed by atoms with van der Waals surface area (Å²) in [5.41, 5.74) is 5.42. The van der Waals surface area contributed by atoms with Gasteiger partial charge >= 0.3 is 0 Å². The summed E-state index contributed by atoms with van der Waals surface area (Å²) in [5.74, 6) is 1.45. The first-order valence-electron chi connectivity index (χ1n) is 9.48. The number of ether oxygens (including phenoxy) is 2. The molecule has 0 radical (unpaired) electrons. The first kappa shape index (κ1) is 17.7. The monoisotopic (exact) mass is 391 g/mol. The van der Waals surface area contributed by atoms with Crippen LogP contribution < -0.4 is 4.74 Å². The summed E-state index contributed by atoms with van der Waals surface area (Å²) in [6, 6.07) is 6.13. The van der Waals surface area contributed by atoms with Gasteiger partial charge in [-0.3, -0.25) is 5.10 Å². The van der Waals surface area contributed by atoms with E-state index in [-0.39, 0.29) is 6.10 Å². The van der Waals surface area contributed by atoms with Gasteiger partial charge in [-0.25, -0.2) is 4.68 Å². The van der Waals surface area contributed by atoms with Crippen molar-refractivity contribution in [3.63, 3.8) is 0 Å². The fourth-order valence-electron chi connectivity index (χ4n) is 3.54. The Kier molecular flexibility index (Phi) is 4.21. The third kappa shape index (κ3) is 3.11. The highest BCUT2D eigenvalue weighted by atomic mass is 16.5. The van der Waals surface area contributed by atoms with Crippen LogP contribution in [0, 0.1) is 6.92 Å². The van der Waals surface area contributed by atoms with Crippen LogP contribution in [0.4, 0.5) is 0 Å². The second-order valence-electron chi connectivity index (χ2n) is 7.23. The van der Waals surface area contributed by atoms with Gasteiger partial charge < -0.3 is 14.0 Å². The largest absolute Gasteiger partial charge is 0.472 e. The van der Waals surface area contributed by atoms with Crippen LogP contribution in [-0.4, -0.2) is 37.8 Å². The number of fused-ring (bicyclic) bond motifs is 4. The predicted molar refractivity (Wildman–Crippen MR) is 108 cm³/mol. The molecule has 0 unspecified atom stereocenters. The molecule has 0 saturated heterocycles. The second-order valence-corrected chi connectivity index (χ2v) is 7.23. The lowest BCUT2D eigenvalue weighted by Gasteiger charge is -2.16. The summed E-state index contributed by atoms with van der Waals surface area (Å²) >= 11 is 0. The van der Waals surface area contributed by atoms with E-state index in [1.807, 2.05) is 51.4 Å². The van der Waals surface area contributed by atoms with Crippen molar-refractivity contribution >= 4 is 23.1 Å². The van der Waals surface area contributed by atoms with E-state index in [0.717, 1.165) is 44.7 Å². The minimum atomic E-state index is -0.158. The van der Waals surface area contributed by atoms with Gasteiger partial charge in [-0.2, -0.15) is 10.2 Å². The molecule has 1 aliphatic rings. The van der Waals surface area contributed by atoms with E-state index in [1.165, 1.54) is 0 Å². The maximum absolute atomic E-state index is 6.18. The zero-order chi connectivity index (χ0) is 20.0. The number of H-pyrrole nitrogens is 1. The number of nitrogens with one attached hydrogen (secondary N) is 1. The lowest BCUT2D eigenvalue weighted by molar-refractivity contribution is 0.0432. The van der Waals surface area contributed by atoms with Crippen LogP contribution in [-0.2, 0) is 18.4 Å². The van der Waals surface area contributed by atoms with Crippen molar-refractivity contribution in [1.29, 1.82) is 0 Å². The van der Waals surface area contributed by atoms with Crippen molar-refractivity contribution in [2.75, 3.05) is 6.61 Å². The van der Waals surface area contributed by atoms with Gasteiger partial charge in [-0.15, -0.1) is 0 Å². The summed E-state index contributed by atoms with van der Waals surface area (Å²) in [6.45, 7) is 4.63. The van der Waals surface area contributed by atoms with E-state index in [2.05, 4.69) is 26.5 Å². The lowest BCUT2D eigenvalue weighted by atomic mass is 10.0. The first-order valence-corrected chi connectivity index (χ1v) is 9.48. The van der Waals surface area contributed by atoms with Crippen LogP contribution in [0.2, 0.25) is 0 Å². The Morgan fingerprint density at radius 2 is 2.14 bits per heavy atom. The Bertz CT molecular complexity index is 1220. The van der Waals surface area contributed by atoms with E-state index in [0.29, 0.717) is 19.1 Å². The second kappa shape index (κ2) is 6.89. The quantitative estimate of drug-likeness (QED) is 0.491. The average Bonchev–Trinajstić information content (AvgIpc) is 3.38. The van der Waals surface area contributed by atoms with Crippen molar-refractivity contribution < 1.29 is 14.0 Å². The number of aromatic amines is 1. The van der Waals surface area contributed by atoms with E-state index in [4.69, 9.17) is 14.0 Å². The highest BCUT2D eigenvalue weighted by Crippen LogP contribution is 2.33. The van der Waals surface area contributed by atoms with Crippen molar-refractivity contribution in [1.82, 2.24) is 25.1 Å². The molecule has 148 valence electrons. The number of hydrogen-bond donors (Lipinski definition) is 1. The topological polar surface area (TPSA) is 91.0 Å². The SMILES string of the molecule is Cc1onc2c1/C=C/c1[nH]nc3ccc(cc13)-c1cnn(C)c1O[C@@H](C)COC2. The fourth-order valence-corrected chi connectivity index (χ4v) is 3.54. The third-order valence-corrected chi connectivity index (χ3v) is 5.08. The van der Waals surface area contributed by atoms with Crippen LogP contribution >= 0.6 is 0 Å². The molecular formula is C21H21N5O3. The zero-order valence-electron chi connectivity index (χ0n) is 16.5. The summed E-state index contributed by atoms with van der Waals surface area (Å²) in [4.78, 5) is 0. The summed E-state index contributed by atoms with van der Waals surface area (Å²) < 4.78 is 19.1. The minimum absolute atomic E-state index is 0.158. The van der Waals surface area contributed by atoms with Crippen LogP contribution in [0.15, 0.2) is 28.9 Å². The Labute approximate surface area is 167 Å². The highest BCUT2D eigenvalue weighted by molar-refractivity contribution is 5.93. The summed E-state index contributed by atoms with van der Waals surface area (Å²) in [6.07, 6.45) is 5.64. The third-order valence-electron chi connectivity index (χ3n) is 5.08. The summed E-state index contributed by atoms with van der Waals surface area (Å²) in [7, 11) is 1.87. The zero-order valence-corrected chi connectivity index (χ0v) is 16.5. The Morgan fingerprint density at radius 1 is 1.24 bits per heavy atom. The number of hydrogen-bond acceptors (Lipinski definition) is 6. The molecule has 1 aliphatic heterocycles. The molecule has 1 atom stereocenters. The molecule has 4 aromatic rings. The van der Waals surface area contributed by atoms with E-state index in [9.17, 15) is 0 Å². The molecule has 3 aromatic heterocycles. The van der Waals surface area contributed by atoms with Crippen molar-refractivity contribution in [2.24, 2.45) is 7.05 Å². The summed E-state index contributed by atoms with van der Waals surface area (Å²) in [5, 5.41) is 17.1. The first-order chi connectivity index (χ1) is 14.1. The van der Waals surface area contributed by atoms with Gasteiger partial charge in [-0.05, 0) is 43.7 Å². The molecule has 2 bridgehead atoms. The van der Waals surface area contributed by atoms with Crippen LogP contribution in [0.1, 0.15) is 29.6 Å². The lowest BCUT2D eigenvalue weighted by Crippen LogP contribution is -2.21. The maximum Gasteiger partial charge on any atom is 0.219 e. The van der Waals surface area contributed by atoms with Gasteiger partial charge in [0.05, 0.1) is 36.2 Å². The number of nitrogens with zero attached hydrogens (tertiary/aromatic N) is 4. The predicted octanol–water partition coefficient (Wildman–Crippen LogP) is 3.73. The Hall–Kier alpha value is -3.39. The van der Waals surface area contributed by atoms with Crippen molar-refractivity contribution in [3.05, 3.63) is 47.1 Å². The standard InChI is InChI=1S/C21H21N5O3/c1-12-10-27-11-20-15(13(2)29-25-20)5-7-19-16-8-14(4-6-18(16)23-24-19)17-9-22-26(3)21(17)28-12/h4-9,12H,10-11H2,1-3H3,(H,23,24)/b7-5+/t12-/m0/s1. The number of benzene rings is 1. The normalized spacial score (nSPS) is 18.0. The van der Waals surface area contributed by atoms with Crippen LogP contribution in [0.3, 0.4) is 0 Å². The van der Waals surface area contributed by atoms with Crippen molar-refractivity contribution in [2.45, 2.75) is 26.6 Å². The Morgan fingerprint density at radius 3 is 3.03 bits per heavy atom. The van der Waals surface area contributed by atoms with Crippen molar-refractivity contribution in [3.8, 4) is 17.0 Å². The average molecular weight is 391 g/mol. The van der Waals surface area contributed by atoms with Gasteiger partial charge in [0, 0.05) is 18.0 Å². The van der Waals surface area contributed by atoms with Crippen LogP contribution in [0.5, 0.6) is 5.88 Å².